The molecule has 1 aromatic heterocycles. The predicted octanol–water partition coefficient (Wildman–Crippen LogP) is 5.27. The van der Waals surface area contributed by atoms with Gasteiger partial charge in [0.25, 0.3) is 0 Å². The van der Waals surface area contributed by atoms with E-state index in [9.17, 15) is 13.2 Å². The maximum atomic E-state index is 12.7. The molecule has 0 saturated heterocycles. The number of rotatable bonds is 4. The molecule has 2 aromatic carbocycles. The monoisotopic (exact) mass is 352 g/mol. The first-order valence-electron chi connectivity index (χ1n) is 7.34. The van der Waals surface area contributed by atoms with E-state index in [2.05, 4.69) is 0 Å². The van der Waals surface area contributed by atoms with E-state index < -0.39 is 11.7 Å². The molecule has 0 bridgehead atoms. The number of alkyl halides is 3. The van der Waals surface area contributed by atoms with Crippen LogP contribution in [0.2, 0.25) is 0 Å². The Balaban J connectivity index is 2.01. The van der Waals surface area contributed by atoms with Gasteiger partial charge in [-0.15, -0.1) is 11.3 Å². The van der Waals surface area contributed by atoms with E-state index in [4.69, 9.17) is 9.84 Å². The molecule has 0 aliphatic carbocycles. The van der Waals surface area contributed by atoms with Crippen molar-refractivity contribution in [2.45, 2.75) is 13.1 Å². The third-order valence-electron chi connectivity index (χ3n) is 3.70. The zero-order valence-corrected chi connectivity index (χ0v) is 13.7. The lowest BCUT2D eigenvalue weighted by molar-refractivity contribution is -0.137. The lowest BCUT2D eigenvalue weighted by Crippen LogP contribution is -2.04. The van der Waals surface area contributed by atoms with Crippen LogP contribution in [0.25, 0.3) is 21.2 Å². The highest BCUT2D eigenvalue weighted by molar-refractivity contribution is 7.19. The molecule has 0 radical (unpaired) electrons. The molecule has 0 aliphatic heterocycles. The highest BCUT2D eigenvalue weighted by atomic mass is 32.1. The Bertz CT molecular complexity index is 851. The van der Waals surface area contributed by atoms with E-state index in [1.165, 1.54) is 12.1 Å². The molecule has 0 amide bonds. The Kier molecular flexibility index (Phi) is 4.51. The van der Waals surface area contributed by atoms with E-state index in [0.29, 0.717) is 5.75 Å². The van der Waals surface area contributed by atoms with Gasteiger partial charge in [-0.3, -0.25) is 0 Å². The Morgan fingerprint density at radius 3 is 2.42 bits per heavy atom. The van der Waals surface area contributed by atoms with Crippen molar-refractivity contribution in [2.24, 2.45) is 0 Å². The Hall–Kier alpha value is -2.05. The van der Waals surface area contributed by atoms with Crippen LogP contribution in [-0.2, 0) is 6.18 Å². The molecule has 2 nitrogen and oxygen atoms in total. The zero-order chi connectivity index (χ0) is 17.3. The second-order valence-electron chi connectivity index (χ2n) is 5.34. The van der Waals surface area contributed by atoms with Crippen molar-refractivity contribution in [3.05, 3.63) is 52.9 Å². The van der Waals surface area contributed by atoms with Gasteiger partial charge in [0.15, 0.2) is 0 Å². The van der Waals surface area contributed by atoms with Crippen molar-refractivity contribution in [1.82, 2.24) is 0 Å². The first-order valence-corrected chi connectivity index (χ1v) is 8.16. The lowest BCUT2D eigenvalue weighted by Gasteiger charge is -2.08. The van der Waals surface area contributed by atoms with Crippen molar-refractivity contribution >= 4 is 21.4 Å². The summed E-state index contributed by atoms with van der Waals surface area (Å²) in [5, 5.41) is 9.80. The van der Waals surface area contributed by atoms with Gasteiger partial charge >= 0.3 is 6.18 Å². The summed E-state index contributed by atoms with van der Waals surface area (Å²) in [6.45, 7) is 2.12. The van der Waals surface area contributed by atoms with Crippen LogP contribution in [-0.4, -0.2) is 18.3 Å². The lowest BCUT2D eigenvalue weighted by atomic mass is 10.0. The highest BCUT2D eigenvalue weighted by Crippen LogP contribution is 2.40. The Morgan fingerprint density at radius 1 is 1.08 bits per heavy atom. The molecule has 0 fully saturated rings. The fourth-order valence-electron chi connectivity index (χ4n) is 2.64. The second kappa shape index (κ2) is 6.45. The summed E-state index contributed by atoms with van der Waals surface area (Å²) < 4.78 is 44.5. The number of hydrogen-bond acceptors (Lipinski definition) is 3. The number of fused-ring (bicyclic) bond motifs is 1. The van der Waals surface area contributed by atoms with Crippen molar-refractivity contribution in [3.63, 3.8) is 0 Å². The number of thiophene rings is 1. The largest absolute Gasteiger partial charge is 0.491 e. The van der Waals surface area contributed by atoms with Crippen LogP contribution in [0.4, 0.5) is 13.2 Å². The maximum Gasteiger partial charge on any atom is 0.416 e. The molecular formula is C18H15F3O2S. The highest BCUT2D eigenvalue weighted by Gasteiger charge is 2.30. The van der Waals surface area contributed by atoms with E-state index in [1.807, 2.05) is 19.1 Å². The van der Waals surface area contributed by atoms with Gasteiger partial charge in [0.1, 0.15) is 12.4 Å². The number of ether oxygens (including phenoxy) is 1. The molecule has 0 saturated carbocycles. The van der Waals surface area contributed by atoms with Crippen LogP contribution in [0.5, 0.6) is 5.75 Å². The summed E-state index contributed by atoms with van der Waals surface area (Å²) in [7, 11) is 0. The van der Waals surface area contributed by atoms with E-state index in [0.717, 1.165) is 38.2 Å². The summed E-state index contributed by atoms with van der Waals surface area (Å²) in [5.41, 5.74) is 1.05. The third kappa shape index (κ3) is 3.25. The third-order valence-corrected chi connectivity index (χ3v) is 4.77. The van der Waals surface area contributed by atoms with Crippen LogP contribution in [0.3, 0.4) is 0 Å². The molecule has 0 spiro atoms. The molecule has 126 valence electrons. The molecule has 3 rings (SSSR count). The summed E-state index contributed by atoms with van der Waals surface area (Å²) in [5.74, 6) is 0.664. The minimum absolute atomic E-state index is 0.0572. The van der Waals surface area contributed by atoms with Gasteiger partial charge in [0.05, 0.1) is 12.2 Å². The smallest absolute Gasteiger partial charge is 0.416 e. The number of aryl methyl sites for hydroxylation is 1. The van der Waals surface area contributed by atoms with Crippen molar-refractivity contribution in [2.75, 3.05) is 13.2 Å². The first kappa shape index (κ1) is 16.8. The molecule has 1 N–H and O–H groups in total. The summed E-state index contributed by atoms with van der Waals surface area (Å²) in [4.78, 5) is 1.03. The number of aliphatic hydroxyl groups is 1. The number of aliphatic hydroxyl groups excluding tert-OH is 1. The Labute approximate surface area is 141 Å². The van der Waals surface area contributed by atoms with Crippen LogP contribution in [0.15, 0.2) is 42.5 Å². The van der Waals surface area contributed by atoms with Gasteiger partial charge in [-0.2, -0.15) is 13.2 Å². The average molecular weight is 352 g/mol. The molecule has 0 unspecified atom stereocenters. The van der Waals surface area contributed by atoms with Crippen LogP contribution >= 0.6 is 11.3 Å². The van der Waals surface area contributed by atoms with Crippen molar-refractivity contribution < 1.29 is 23.0 Å². The normalized spacial score (nSPS) is 11.9. The second-order valence-corrected chi connectivity index (χ2v) is 6.59. The van der Waals surface area contributed by atoms with Crippen LogP contribution in [0, 0.1) is 6.92 Å². The molecule has 3 aromatic rings. The minimum Gasteiger partial charge on any atom is -0.491 e. The molecule has 0 aliphatic rings. The van der Waals surface area contributed by atoms with Gasteiger partial charge in [-0.25, -0.2) is 0 Å². The van der Waals surface area contributed by atoms with E-state index in [-0.39, 0.29) is 13.2 Å². The van der Waals surface area contributed by atoms with Gasteiger partial charge in [0.2, 0.25) is 0 Å². The molecule has 6 heteroatoms. The molecule has 24 heavy (non-hydrogen) atoms. The Morgan fingerprint density at radius 2 is 1.79 bits per heavy atom. The SMILES string of the molecule is Cc1sc2cc(OCCO)ccc2c1-c1ccc(C(F)(F)F)cc1. The van der Waals surface area contributed by atoms with Crippen LogP contribution in [0.1, 0.15) is 10.4 Å². The molecule has 1 heterocycles. The number of benzene rings is 2. The van der Waals surface area contributed by atoms with Gasteiger partial charge in [-0.1, -0.05) is 12.1 Å². The average Bonchev–Trinajstić information content (AvgIpc) is 2.87. The van der Waals surface area contributed by atoms with Gasteiger partial charge in [-0.05, 0) is 42.8 Å². The standard InChI is InChI=1S/C18H15F3O2S/c1-11-17(12-2-4-13(5-3-12)18(19,20)21)15-7-6-14(23-9-8-22)10-16(15)24-11/h2-7,10,22H,8-9H2,1H3. The predicted molar refractivity (Wildman–Crippen MR) is 89.6 cm³/mol. The fraction of sp³-hybridized carbons (Fsp3) is 0.222. The molecule has 0 atom stereocenters. The summed E-state index contributed by atoms with van der Waals surface area (Å²) >= 11 is 1.57. The van der Waals surface area contributed by atoms with Gasteiger partial charge in [0, 0.05) is 20.5 Å². The van der Waals surface area contributed by atoms with Crippen molar-refractivity contribution in [1.29, 1.82) is 0 Å². The topological polar surface area (TPSA) is 29.5 Å². The number of hydrogen-bond donors (Lipinski definition) is 1. The fourth-order valence-corrected chi connectivity index (χ4v) is 3.75. The molecular weight excluding hydrogens is 337 g/mol. The van der Waals surface area contributed by atoms with Gasteiger partial charge < -0.3 is 9.84 Å². The van der Waals surface area contributed by atoms with E-state index >= 15 is 0 Å². The number of halogens is 3. The van der Waals surface area contributed by atoms with E-state index in [1.54, 1.807) is 17.4 Å². The maximum absolute atomic E-state index is 12.7. The zero-order valence-electron chi connectivity index (χ0n) is 12.9. The minimum atomic E-state index is -4.33. The summed E-state index contributed by atoms with van der Waals surface area (Å²) in [6.07, 6.45) is -4.33. The van der Waals surface area contributed by atoms with Crippen molar-refractivity contribution in [3.8, 4) is 16.9 Å². The summed E-state index contributed by atoms with van der Waals surface area (Å²) in [6, 6.07) is 10.8. The van der Waals surface area contributed by atoms with Crippen LogP contribution < -0.4 is 4.74 Å². The first-order chi connectivity index (χ1) is 11.4. The quantitative estimate of drug-likeness (QED) is 0.693.